The van der Waals surface area contributed by atoms with Crippen molar-refractivity contribution >= 4 is 23.7 Å². The number of fused-ring (bicyclic) bond motifs is 1. The Balaban J connectivity index is 1.56. The van der Waals surface area contributed by atoms with Crippen molar-refractivity contribution in [2.75, 3.05) is 18.9 Å². The van der Waals surface area contributed by atoms with E-state index in [-0.39, 0.29) is 47.9 Å². The molecule has 1 aliphatic heterocycles. The average Bonchev–Trinajstić information content (AvgIpc) is 3.70. The summed E-state index contributed by atoms with van der Waals surface area (Å²) in [6.45, 7) is 3.37. The van der Waals surface area contributed by atoms with Gasteiger partial charge in [-0.2, -0.15) is 0 Å². The lowest BCUT2D eigenvalue weighted by molar-refractivity contribution is -0.123. The predicted octanol–water partition coefficient (Wildman–Crippen LogP) is 4.11. The van der Waals surface area contributed by atoms with Gasteiger partial charge in [0.1, 0.15) is 29.3 Å². The fraction of sp³-hybridized carbons (Fsp3) is 0.310. The van der Waals surface area contributed by atoms with Crippen LogP contribution in [-0.2, 0) is 10.2 Å². The van der Waals surface area contributed by atoms with Crippen molar-refractivity contribution in [2.24, 2.45) is 11.7 Å². The molecule has 1 aliphatic carbocycles. The topological polar surface area (TPSA) is 144 Å². The molecule has 1 aromatic heterocycles. The molecule has 0 unspecified atom stereocenters. The maximum atomic E-state index is 14.9. The molecular formula is C29H28F3N5O3. The maximum absolute atomic E-state index is 14.9. The number of nitrogens with zero attached hydrogens (tertiary/aromatic N) is 1. The van der Waals surface area contributed by atoms with Gasteiger partial charge in [0, 0.05) is 58.4 Å². The van der Waals surface area contributed by atoms with E-state index < -0.39 is 28.8 Å². The van der Waals surface area contributed by atoms with E-state index in [1.165, 1.54) is 6.07 Å². The summed E-state index contributed by atoms with van der Waals surface area (Å²) in [6.07, 6.45) is 2.80. The molecular weight excluding hydrogens is 523 g/mol. The monoisotopic (exact) mass is 551 g/mol. The first kappa shape index (κ1) is 27.2. The first-order chi connectivity index (χ1) is 18.9. The van der Waals surface area contributed by atoms with Crippen molar-refractivity contribution in [3.63, 3.8) is 0 Å². The highest BCUT2D eigenvalue weighted by Gasteiger charge is 2.45. The normalized spacial score (nSPS) is 18.5. The van der Waals surface area contributed by atoms with Crippen molar-refractivity contribution in [3.8, 4) is 17.0 Å². The maximum Gasteiger partial charge on any atom is 0.251 e. The third kappa shape index (κ3) is 4.65. The smallest absolute Gasteiger partial charge is 0.251 e. The molecule has 2 aliphatic rings. The number of amides is 2. The van der Waals surface area contributed by atoms with Crippen LogP contribution in [0.4, 0.5) is 18.9 Å². The van der Waals surface area contributed by atoms with E-state index in [9.17, 15) is 22.8 Å². The number of primary amides is 1. The van der Waals surface area contributed by atoms with Gasteiger partial charge in [0.25, 0.3) is 5.91 Å². The molecule has 8 nitrogen and oxygen atoms in total. The lowest BCUT2D eigenvalue weighted by atomic mass is 9.82. The van der Waals surface area contributed by atoms with E-state index in [1.807, 2.05) is 0 Å². The molecule has 1 fully saturated rings. The molecule has 0 spiro atoms. The Morgan fingerprint density at radius 3 is 2.52 bits per heavy atom. The second-order valence-electron chi connectivity index (χ2n) is 10.6. The zero-order valence-corrected chi connectivity index (χ0v) is 21.9. The van der Waals surface area contributed by atoms with Crippen molar-refractivity contribution < 1.29 is 27.5 Å². The number of ether oxygens (including phenoxy) is 1. The van der Waals surface area contributed by atoms with E-state index in [2.05, 4.69) is 10.3 Å². The number of nitrogen functional groups attached to an aromatic ring is 1. The summed E-state index contributed by atoms with van der Waals surface area (Å²) in [5, 5.41) is 10.5. The second kappa shape index (κ2) is 9.96. The number of pyridine rings is 1. The number of hydrogen-bond acceptors (Lipinski definition) is 6. The van der Waals surface area contributed by atoms with Crippen LogP contribution in [0.1, 0.15) is 58.4 Å². The Kier molecular flexibility index (Phi) is 6.77. The van der Waals surface area contributed by atoms with Crippen molar-refractivity contribution in [1.82, 2.24) is 10.3 Å². The van der Waals surface area contributed by atoms with Gasteiger partial charge in [0.15, 0.2) is 11.6 Å². The molecule has 2 aromatic carbocycles. The van der Waals surface area contributed by atoms with E-state index in [0.29, 0.717) is 45.8 Å². The lowest BCUT2D eigenvalue weighted by Gasteiger charge is -2.22. The zero-order chi connectivity index (χ0) is 28.9. The molecule has 0 saturated heterocycles. The van der Waals surface area contributed by atoms with Crippen LogP contribution in [0.5, 0.6) is 5.75 Å². The zero-order valence-electron chi connectivity index (χ0n) is 21.9. The molecule has 40 heavy (non-hydrogen) atoms. The molecule has 0 radical (unpaired) electrons. The molecule has 6 N–H and O–H groups in total. The Morgan fingerprint density at radius 1 is 1.18 bits per heavy atom. The number of nitrogens with one attached hydrogen (secondary N) is 2. The summed E-state index contributed by atoms with van der Waals surface area (Å²) in [4.78, 5) is 30.2. The van der Waals surface area contributed by atoms with Crippen LogP contribution in [-0.4, -0.2) is 36.2 Å². The van der Waals surface area contributed by atoms with Gasteiger partial charge in [0.2, 0.25) is 5.91 Å². The molecule has 5 rings (SSSR count). The first-order valence-corrected chi connectivity index (χ1v) is 12.8. The van der Waals surface area contributed by atoms with Crippen LogP contribution in [0.3, 0.4) is 0 Å². The Morgan fingerprint density at radius 2 is 1.88 bits per heavy atom. The number of carbonyl (C=O) groups is 2. The summed E-state index contributed by atoms with van der Waals surface area (Å²) in [7, 11) is 0. The Bertz CT molecular complexity index is 1570. The number of nitrogens with two attached hydrogens (primary N) is 2. The van der Waals surface area contributed by atoms with Crippen LogP contribution in [0.2, 0.25) is 0 Å². The molecule has 0 bridgehead atoms. The molecule has 2 amide bonds. The number of anilines is 1. The minimum Gasteiger partial charge on any atom is -0.489 e. The number of carbonyl (C=O) groups excluding carboxylic acids is 2. The highest BCUT2D eigenvalue weighted by molar-refractivity contribution is 5.98. The average molecular weight is 552 g/mol. The number of benzene rings is 2. The quantitative estimate of drug-likeness (QED) is 0.189. The van der Waals surface area contributed by atoms with Crippen molar-refractivity contribution in [1.29, 1.82) is 5.41 Å². The Hall–Kier alpha value is -4.41. The number of halogens is 3. The van der Waals surface area contributed by atoms with E-state index in [1.54, 1.807) is 26.0 Å². The first-order valence-electron chi connectivity index (χ1n) is 12.8. The molecule has 1 saturated carbocycles. The standard InChI is InChI=1S/C29H28F3N5O3/c1-13-5-15(6-16(10-33)24(13)34)27(38)36-11-18(14-3-4-14)23-8-19-26(40-12-29(19,2)28(35)39)25(37-23)17-7-21(31)22(32)9-20(17)30/h5-10,14,18,33H,3-4,11-12,34H2,1-2H3,(H2,35,39)(H,36,38)/t18-,29-/m0/s1. The van der Waals surface area contributed by atoms with Crippen LogP contribution in [0.25, 0.3) is 11.3 Å². The molecule has 11 heteroatoms. The molecule has 3 aromatic rings. The van der Waals surface area contributed by atoms with Crippen molar-refractivity contribution in [2.45, 2.75) is 38.0 Å². The van der Waals surface area contributed by atoms with Gasteiger partial charge in [-0.15, -0.1) is 0 Å². The van der Waals surface area contributed by atoms with Gasteiger partial charge in [-0.05, 0) is 62.4 Å². The SMILES string of the molecule is Cc1cc(C(=O)NC[C@H](c2cc3c(c(-c4cc(F)c(F)cc4F)n2)OC[C@]3(C)C(N)=O)C2CC2)cc(C=N)c1N. The summed E-state index contributed by atoms with van der Waals surface area (Å²) in [5.74, 6) is -4.82. The summed E-state index contributed by atoms with van der Waals surface area (Å²) in [6, 6.07) is 5.98. The summed E-state index contributed by atoms with van der Waals surface area (Å²) >= 11 is 0. The number of rotatable bonds is 8. The number of aromatic nitrogens is 1. The van der Waals surface area contributed by atoms with Gasteiger partial charge in [-0.1, -0.05) is 0 Å². The van der Waals surface area contributed by atoms with Crippen LogP contribution in [0, 0.1) is 35.7 Å². The highest BCUT2D eigenvalue weighted by atomic mass is 19.2. The van der Waals surface area contributed by atoms with Gasteiger partial charge in [0.05, 0.1) is 0 Å². The fourth-order valence-electron chi connectivity index (χ4n) is 5.08. The highest BCUT2D eigenvalue weighted by Crippen LogP contribution is 2.48. The number of hydrogen-bond donors (Lipinski definition) is 4. The fourth-order valence-corrected chi connectivity index (χ4v) is 5.08. The summed E-state index contributed by atoms with van der Waals surface area (Å²) in [5.41, 5.74) is 12.7. The summed E-state index contributed by atoms with van der Waals surface area (Å²) < 4.78 is 48.6. The van der Waals surface area contributed by atoms with Crippen LogP contribution < -0.4 is 21.5 Å². The number of aryl methyl sites for hydroxylation is 1. The van der Waals surface area contributed by atoms with Gasteiger partial charge in [-0.25, -0.2) is 18.2 Å². The van der Waals surface area contributed by atoms with Gasteiger partial charge >= 0.3 is 0 Å². The third-order valence-corrected chi connectivity index (χ3v) is 7.79. The van der Waals surface area contributed by atoms with Crippen LogP contribution in [0.15, 0.2) is 30.3 Å². The van der Waals surface area contributed by atoms with Gasteiger partial charge in [-0.3, -0.25) is 9.59 Å². The third-order valence-electron chi connectivity index (χ3n) is 7.79. The predicted molar refractivity (Wildman–Crippen MR) is 143 cm³/mol. The van der Waals surface area contributed by atoms with Crippen LogP contribution >= 0.6 is 0 Å². The molecule has 2 heterocycles. The molecule has 208 valence electrons. The van der Waals surface area contributed by atoms with Crippen molar-refractivity contribution in [3.05, 3.63) is 75.7 Å². The Labute approximate surface area is 228 Å². The van der Waals surface area contributed by atoms with E-state index in [4.69, 9.17) is 21.6 Å². The second-order valence-corrected chi connectivity index (χ2v) is 10.6. The largest absolute Gasteiger partial charge is 0.489 e. The minimum absolute atomic E-state index is 0.0735. The molecule has 2 atom stereocenters. The minimum atomic E-state index is -1.35. The van der Waals surface area contributed by atoms with Gasteiger partial charge < -0.3 is 26.9 Å². The lowest BCUT2D eigenvalue weighted by Crippen LogP contribution is -2.40. The van der Waals surface area contributed by atoms with E-state index in [0.717, 1.165) is 19.1 Å². The van der Waals surface area contributed by atoms with E-state index >= 15 is 0 Å².